The zero-order valence-electron chi connectivity index (χ0n) is 13.8. The van der Waals surface area contributed by atoms with Gasteiger partial charge in [0.1, 0.15) is 0 Å². The molecule has 0 radical (unpaired) electrons. The zero-order valence-corrected chi connectivity index (χ0v) is 15.4. The molecule has 0 spiro atoms. The van der Waals surface area contributed by atoms with E-state index in [1.807, 2.05) is 6.07 Å². The second-order valence-corrected chi connectivity index (χ2v) is 7.32. The van der Waals surface area contributed by atoms with Crippen LogP contribution in [0.4, 0.5) is 13.2 Å². The predicted molar refractivity (Wildman–Crippen MR) is 98.3 cm³/mol. The van der Waals surface area contributed by atoms with Crippen molar-refractivity contribution in [3.05, 3.63) is 63.4 Å². The van der Waals surface area contributed by atoms with Gasteiger partial charge in [0.2, 0.25) is 0 Å². The number of halogens is 4. The van der Waals surface area contributed by atoms with Crippen LogP contribution in [0.15, 0.2) is 52.4 Å². The number of alkyl halides is 3. The third kappa shape index (κ3) is 3.80. The van der Waals surface area contributed by atoms with Crippen LogP contribution >= 0.6 is 23.4 Å². The quantitative estimate of drug-likeness (QED) is 0.448. The maximum Gasteiger partial charge on any atom is 0.416 e. The smallest absolute Gasteiger partial charge is 0.268 e. The molecular formula is C18H11ClF3N3OS. The number of hydrogen-bond donors (Lipinski definition) is 0. The van der Waals surface area contributed by atoms with Gasteiger partial charge in [0.25, 0.3) is 5.56 Å². The lowest BCUT2D eigenvalue weighted by Gasteiger charge is -2.16. The number of nitriles is 1. The number of aromatic nitrogens is 2. The summed E-state index contributed by atoms with van der Waals surface area (Å²) in [6, 6.07) is 11.2. The van der Waals surface area contributed by atoms with Gasteiger partial charge in [0.15, 0.2) is 5.16 Å². The summed E-state index contributed by atoms with van der Waals surface area (Å²) in [5.41, 5.74) is -1.25. The van der Waals surface area contributed by atoms with Crippen LogP contribution < -0.4 is 5.56 Å². The van der Waals surface area contributed by atoms with Crippen LogP contribution in [0.25, 0.3) is 16.6 Å². The van der Waals surface area contributed by atoms with Gasteiger partial charge in [-0.05, 0) is 37.3 Å². The molecule has 4 nitrogen and oxygen atoms in total. The number of para-hydroxylation sites is 1. The summed E-state index contributed by atoms with van der Waals surface area (Å²) in [4.78, 5) is 17.4. The van der Waals surface area contributed by atoms with Gasteiger partial charge in [-0.3, -0.25) is 9.36 Å². The first-order valence-corrected chi connectivity index (χ1v) is 8.93. The Morgan fingerprint density at radius 1 is 1.26 bits per heavy atom. The summed E-state index contributed by atoms with van der Waals surface area (Å²) in [7, 11) is 0. The van der Waals surface area contributed by atoms with Crippen molar-refractivity contribution in [2.24, 2.45) is 0 Å². The Bertz CT molecular complexity index is 1120. The summed E-state index contributed by atoms with van der Waals surface area (Å²) in [5.74, 6) is 0. The highest BCUT2D eigenvalue weighted by Gasteiger charge is 2.31. The van der Waals surface area contributed by atoms with Gasteiger partial charge in [-0.1, -0.05) is 35.5 Å². The molecule has 1 aromatic heterocycles. The van der Waals surface area contributed by atoms with Crippen molar-refractivity contribution in [1.29, 1.82) is 5.26 Å². The van der Waals surface area contributed by atoms with Crippen molar-refractivity contribution in [3.63, 3.8) is 0 Å². The number of thioether (sulfide) groups is 1. The topological polar surface area (TPSA) is 58.7 Å². The summed E-state index contributed by atoms with van der Waals surface area (Å²) >= 11 is 7.08. The van der Waals surface area contributed by atoms with Gasteiger partial charge in [-0.15, -0.1) is 0 Å². The lowest BCUT2D eigenvalue weighted by Crippen LogP contribution is -2.23. The molecule has 0 fully saturated rings. The molecular weight excluding hydrogens is 399 g/mol. The third-order valence-electron chi connectivity index (χ3n) is 3.72. The molecule has 2 aromatic carbocycles. The number of hydrogen-bond acceptors (Lipinski definition) is 4. The Balaban J connectivity index is 2.36. The molecule has 0 aliphatic heterocycles. The second-order valence-electron chi connectivity index (χ2n) is 5.61. The van der Waals surface area contributed by atoms with Crippen LogP contribution in [-0.2, 0) is 6.18 Å². The highest BCUT2D eigenvalue weighted by atomic mass is 35.5. The van der Waals surface area contributed by atoms with Gasteiger partial charge < -0.3 is 0 Å². The van der Waals surface area contributed by atoms with Gasteiger partial charge in [-0.2, -0.15) is 18.4 Å². The highest BCUT2D eigenvalue weighted by molar-refractivity contribution is 8.00. The molecule has 27 heavy (non-hydrogen) atoms. The fourth-order valence-electron chi connectivity index (χ4n) is 2.45. The average Bonchev–Trinajstić information content (AvgIpc) is 2.62. The lowest BCUT2D eigenvalue weighted by atomic mass is 10.2. The van der Waals surface area contributed by atoms with Crippen molar-refractivity contribution in [2.45, 2.75) is 23.5 Å². The van der Waals surface area contributed by atoms with Crippen LogP contribution in [0.1, 0.15) is 12.5 Å². The monoisotopic (exact) mass is 409 g/mol. The van der Waals surface area contributed by atoms with Crippen molar-refractivity contribution in [1.82, 2.24) is 9.55 Å². The standard InChI is InChI=1S/C18H11ClF3N3OS/c1-10(9-23)27-17-24-14-5-3-2-4-12(14)16(26)25(17)15-8-11(18(20,21)22)6-7-13(15)19/h2-8,10H,1H3/t10-/m0/s1. The van der Waals surface area contributed by atoms with E-state index in [0.717, 1.165) is 34.5 Å². The summed E-state index contributed by atoms with van der Waals surface area (Å²) in [6.45, 7) is 1.60. The van der Waals surface area contributed by atoms with E-state index >= 15 is 0 Å². The minimum absolute atomic E-state index is 0.0337. The van der Waals surface area contributed by atoms with E-state index in [2.05, 4.69) is 4.98 Å². The first-order chi connectivity index (χ1) is 12.7. The molecule has 0 unspecified atom stereocenters. The molecule has 0 aliphatic carbocycles. The van der Waals surface area contributed by atoms with Gasteiger partial charge >= 0.3 is 6.18 Å². The van der Waals surface area contributed by atoms with E-state index in [4.69, 9.17) is 16.9 Å². The third-order valence-corrected chi connectivity index (χ3v) is 4.99. The first kappa shape index (κ1) is 19.3. The van der Waals surface area contributed by atoms with Crippen LogP contribution in [0.3, 0.4) is 0 Å². The summed E-state index contributed by atoms with van der Waals surface area (Å²) in [6.07, 6.45) is -4.60. The Morgan fingerprint density at radius 3 is 2.63 bits per heavy atom. The fraction of sp³-hybridized carbons (Fsp3) is 0.167. The van der Waals surface area contributed by atoms with E-state index < -0.39 is 22.5 Å². The SMILES string of the molecule is C[C@@H](C#N)Sc1nc2ccccc2c(=O)n1-c1cc(C(F)(F)F)ccc1Cl. The Hall–Kier alpha value is -2.50. The highest BCUT2D eigenvalue weighted by Crippen LogP contribution is 2.34. The van der Waals surface area contributed by atoms with Crippen LogP contribution in [0.5, 0.6) is 0 Å². The predicted octanol–water partition coefficient (Wildman–Crippen LogP) is 5.06. The molecule has 9 heteroatoms. The van der Waals surface area contributed by atoms with Crippen molar-refractivity contribution in [3.8, 4) is 11.8 Å². The van der Waals surface area contributed by atoms with Crippen molar-refractivity contribution in [2.75, 3.05) is 0 Å². The van der Waals surface area contributed by atoms with Gasteiger partial charge in [0.05, 0.1) is 38.5 Å². The largest absolute Gasteiger partial charge is 0.416 e. The molecule has 3 rings (SSSR count). The number of fused-ring (bicyclic) bond motifs is 1. The normalized spacial score (nSPS) is 12.7. The van der Waals surface area contributed by atoms with E-state index in [9.17, 15) is 18.0 Å². The van der Waals surface area contributed by atoms with Gasteiger partial charge in [-0.25, -0.2) is 4.98 Å². The average molecular weight is 410 g/mol. The minimum atomic E-state index is -4.60. The molecule has 1 heterocycles. The Labute approximate surface area is 161 Å². The molecule has 3 aromatic rings. The lowest BCUT2D eigenvalue weighted by molar-refractivity contribution is -0.137. The van der Waals surface area contributed by atoms with Gasteiger partial charge in [0, 0.05) is 0 Å². The van der Waals surface area contributed by atoms with Crippen molar-refractivity contribution >= 4 is 34.3 Å². The Kier molecular flexibility index (Phi) is 5.18. The summed E-state index contributed by atoms with van der Waals surface area (Å²) < 4.78 is 40.4. The molecule has 0 amide bonds. The van der Waals surface area contributed by atoms with Crippen LogP contribution in [-0.4, -0.2) is 14.8 Å². The molecule has 0 N–H and O–H groups in total. The van der Waals surface area contributed by atoms with Crippen molar-refractivity contribution < 1.29 is 13.2 Å². The summed E-state index contributed by atoms with van der Waals surface area (Å²) in [5, 5.41) is 8.80. The number of rotatable bonds is 3. The van der Waals surface area contributed by atoms with E-state index in [-0.39, 0.29) is 21.3 Å². The maximum atomic E-state index is 13.1. The van der Waals surface area contributed by atoms with E-state index in [1.54, 1.807) is 25.1 Å². The number of nitrogens with zero attached hydrogens (tertiary/aromatic N) is 3. The van der Waals surface area contributed by atoms with Crippen LogP contribution in [0.2, 0.25) is 5.02 Å². The fourth-order valence-corrected chi connectivity index (χ4v) is 3.46. The maximum absolute atomic E-state index is 13.1. The zero-order chi connectivity index (χ0) is 19.8. The second kappa shape index (κ2) is 7.25. The van der Waals surface area contributed by atoms with Crippen LogP contribution in [0, 0.1) is 11.3 Å². The molecule has 0 saturated heterocycles. The first-order valence-electron chi connectivity index (χ1n) is 7.67. The minimum Gasteiger partial charge on any atom is -0.268 e. The molecule has 0 bridgehead atoms. The van der Waals surface area contributed by atoms with E-state index in [0.29, 0.717) is 5.52 Å². The van der Waals surface area contributed by atoms with E-state index in [1.165, 1.54) is 6.07 Å². The molecule has 0 aliphatic rings. The number of benzene rings is 2. The molecule has 138 valence electrons. The Morgan fingerprint density at radius 2 is 1.96 bits per heavy atom. The molecule has 0 saturated carbocycles. The molecule has 1 atom stereocenters.